The molecule has 0 saturated heterocycles. The van der Waals surface area contributed by atoms with Gasteiger partial charge in [0.05, 0.1) is 6.10 Å². The molecular weight excluding hydrogens is 288 g/mol. The highest BCUT2D eigenvalue weighted by Crippen LogP contribution is 2.17. The first kappa shape index (κ1) is 17.4. The second-order valence-corrected chi connectivity index (χ2v) is 6.31. The quantitative estimate of drug-likeness (QED) is 0.722. The number of rotatable bonds is 8. The third-order valence-corrected chi connectivity index (χ3v) is 4.45. The SMILES string of the molecule is CCC(CSC)N(C)CC(O)c1ccc(C(N)=S)cc1. The molecule has 0 aliphatic heterocycles. The van der Waals surface area contributed by atoms with Crippen molar-refractivity contribution < 1.29 is 5.11 Å². The van der Waals surface area contributed by atoms with Crippen molar-refractivity contribution in [2.45, 2.75) is 25.5 Å². The highest BCUT2D eigenvalue weighted by molar-refractivity contribution is 7.98. The fourth-order valence-corrected chi connectivity index (χ4v) is 3.16. The number of aliphatic hydroxyl groups is 1. The van der Waals surface area contributed by atoms with Crippen LogP contribution in [-0.2, 0) is 0 Å². The van der Waals surface area contributed by atoms with E-state index in [9.17, 15) is 5.11 Å². The number of nitrogens with zero attached hydrogens (tertiary/aromatic N) is 1. The molecule has 20 heavy (non-hydrogen) atoms. The number of hydrogen-bond donors (Lipinski definition) is 2. The summed E-state index contributed by atoms with van der Waals surface area (Å²) >= 11 is 6.76. The van der Waals surface area contributed by atoms with E-state index in [0.717, 1.165) is 23.3 Å². The fourth-order valence-electron chi connectivity index (χ4n) is 2.15. The van der Waals surface area contributed by atoms with Gasteiger partial charge in [0, 0.05) is 23.9 Å². The summed E-state index contributed by atoms with van der Waals surface area (Å²) in [6, 6.07) is 8.00. The van der Waals surface area contributed by atoms with Crippen LogP contribution in [0.25, 0.3) is 0 Å². The van der Waals surface area contributed by atoms with Gasteiger partial charge < -0.3 is 10.8 Å². The molecule has 0 saturated carbocycles. The van der Waals surface area contributed by atoms with Gasteiger partial charge in [-0.3, -0.25) is 4.90 Å². The van der Waals surface area contributed by atoms with Crippen LogP contribution < -0.4 is 5.73 Å². The molecule has 1 rings (SSSR count). The van der Waals surface area contributed by atoms with Gasteiger partial charge in [-0.15, -0.1) is 0 Å². The number of thiocarbonyl (C=S) groups is 1. The molecule has 0 spiro atoms. The number of likely N-dealkylation sites (N-methyl/N-ethyl adjacent to an activating group) is 1. The molecule has 2 unspecified atom stereocenters. The topological polar surface area (TPSA) is 49.5 Å². The van der Waals surface area contributed by atoms with Gasteiger partial charge in [0.25, 0.3) is 0 Å². The number of benzene rings is 1. The molecule has 1 aromatic carbocycles. The van der Waals surface area contributed by atoms with Gasteiger partial charge in [0.15, 0.2) is 0 Å². The average molecular weight is 313 g/mol. The summed E-state index contributed by atoms with van der Waals surface area (Å²) in [5, 5.41) is 10.3. The molecule has 5 heteroatoms. The third-order valence-electron chi connectivity index (χ3n) is 3.49. The maximum atomic E-state index is 10.3. The third kappa shape index (κ3) is 5.05. The first-order chi connectivity index (χ1) is 9.49. The Labute approximate surface area is 131 Å². The summed E-state index contributed by atoms with van der Waals surface area (Å²) in [7, 11) is 2.07. The standard InChI is InChI=1S/C15H24N2OS2/c1-4-13(10-20-3)17(2)9-14(18)11-5-7-12(8-6-11)15(16)19/h5-8,13-14,18H,4,9-10H2,1-3H3,(H2,16,19). The smallest absolute Gasteiger partial charge is 0.103 e. The van der Waals surface area contributed by atoms with Crippen LogP contribution in [-0.4, -0.2) is 46.6 Å². The second kappa shape index (κ2) is 8.62. The summed E-state index contributed by atoms with van der Waals surface area (Å²) in [5.41, 5.74) is 7.30. The minimum absolute atomic E-state index is 0.383. The highest BCUT2D eigenvalue weighted by Gasteiger charge is 2.17. The van der Waals surface area contributed by atoms with Crippen LogP contribution in [0, 0.1) is 0 Å². The van der Waals surface area contributed by atoms with E-state index in [-0.39, 0.29) is 0 Å². The van der Waals surface area contributed by atoms with Gasteiger partial charge >= 0.3 is 0 Å². The Bertz CT molecular complexity index is 422. The van der Waals surface area contributed by atoms with Crippen molar-refractivity contribution in [2.24, 2.45) is 5.73 Å². The number of nitrogens with two attached hydrogens (primary N) is 1. The molecule has 3 N–H and O–H groups in total. The maximum Gasteiger partial charge on any atom is 0.103 e. The fraction of sp³-hybridized carbons (Fsp3) is 0.533. The second-order valence-electron chi connectivity index (χ2n) is 4.96. The Kier molecular flexibility index (Phi) is 7.51. The molecule has 2 atom stereocenters. The van der Waals surface area contributed by atoms with Crippen molar-refractivity contribution in [2.75, 3.05) is 25.6 Å². The zero-order valence-corrected chi connectivity index (χ0v) is 14.0. The van der Waals surface area contributed by atoms with Crippen LogP contribution in [0.4, 0.5) is 0 Å². The minimum atomic E-state index is -0.490. The van der Waals surface area contributed by atoms with Crippen molar-refractivity contribution in [3.05, 3.63) is 35.4 Å². The van der Waals surface area contributed by atoms with E-state index in [1.54, 1.807) is 0 Å². The van der Waals surface area contributed by atoms with Gasteiger partial charge in [0.2, 0.25) is 0 Å². The van der Waals surface area contributed by atoms with Crippen molar-refractivity contribution in [3.63, 3.8) is 0 Å². The average Bonchev–Trinajstić information content (AvgIpc) is 2.44. The molecule has 0 heterocycles. The maximum absolute atomic E-state index is 10.3. The molecule has 112 valence electrons. The van der Waals surface area contributed by atoms with Gasteiger partial charge in [0.1, 0.15) is 4.99 Å². The summed E-state index contributed by atoms with van der Waals surface area (Å²) in [6.07, 6.45) is 2.71. The van der Waals surface area contributed by atoms with Gasteiger partial charge in [-0.1, -0.05) is 43.4 Å². The lowest BCUT2D eigenvalue weighted by Crippen LogP contribution is -2.36. The Hall–Kier alpha value is -0.620. The lowest BCUT2D eigenvalue weighted by molar-refractivity contribution is 0.108. The molecule has 3 nitrogen and oxygen atoms in total. The summed E-state index contributed by atoms with van der Waals surface area (Å²) in [6.45, 7) is 2.81. The number of aliphatic hydroxyl groups excluding tert-OH is 1. The van der Waals surface area contributed by atoms with E-state index >= 15 is 0 Å². The van der Waals surface area contributed by atoms with Crippen LogP contribution in [0.2, 0.25) is 0 Å². The Balaban J connectivity index is 2.65. The van der Waals surface area contributed by atoms with Gasteiger partial charge in [-0.05, 0) is 25.3 Å². The summed E-state index contributed by atoms with van der Waals surface area (Å²) in [5.74, 6) is 1.08. The molecule has 0 bridgehead atoms. The van der Waals surface area contributed by atoms with Gasteiger partial charge in [-0.25, -0.2) is 0 Å². The molecule has 0 aliphatic rings. The van der Waals surface area contributed by atoms with Crippen molar-refractivity contribution in [1.29, 1.82) is 0 Å². The predicted octanol–water partition coefficient (Wildman–Crippen LogP) is 2.43. The minimum Gasteiger partial charge on any atom is -0.389 e. The first-order valence-corrected chi connectivity index (χ1v) is 8.56. The largest absolute Gasteiger partial charge is 0.389 e. The number of hydrogen-bond acceptors (Lipinski definition) is 4. The van der Waals surface area contributed by atoms with E-state index in [2.05, 4.69) is 25.1 Å². The van der Waals surface area contributed by atoms with Gasteiger partial charge in [-0.2, -0.15) is 11.8 Å². The van der Waals surface area contributed by atoms with Crippen LogP contribution in [0.1, 0.15) is 30.6 Å². The van der Waals surface area contributed by atoms with Crippen LogP contribution >= 0.6 is 24.0 Å². The zero-order valence-electron chi connectivity index (χ0n) is 12.4. The Morgan fingerprint density at radius 3 is 2.45 bits per heavy atom. The lowest BCUT2D eigenvalue weighted by Gasteiger charge is -2.28. The molecule has 0 aliphatic carbocycles. The molecule has 0 aromatic heterocycles. The van der Waals surface area contributed by atoms with E-state index in [1.807, 2.05) is 36.0 Å². The molecular formula is C15H24N2OS2. The Morgan fingerprint density at radius 1 is 1.40 bits per heavy atom. The van der Waals surface area contributed by atoms with E-state index in [4.69, 9.17) is 18.0 Å². The normalized spacial score (nSPS) is 14.2. The Morgan fingerprint density at radius 2 is 2.00 bits per heavy atom. The highest BCUT2D eigenvalue weighted by atomic mass is 32.2. The molecule has 0 radical (unpaired) electrons. The van der Waals surface area contributed by atoms with E-state index in [0.29, 0.717) is 17.6 Å². The van der Waals surface area contributed by atoms with E-state index < -0.39 is 6.10 Å². The summed E-state index contributed by atoms with van der Waals surface area (Å²) in [4.78, 5) is 2.61. The lowest BCUT2D eigenvalue weighted by atomic mass is 10.1. The molecule has 0 amide bonds. The predicted molar refractivity (Wildman–Crippen MR) is 92.4 cm³/mol. The molecule has 1 aromatic rings. The van der Waals surface area contributed by atoms with E-state index in [1.165, 1.54) is 0 Å². The van der Waals surface area contributed by atoms with Crippen LogP contribution in [0.15, 0.2) is 24.3 Å². The molecule has 0 fully saturated rings. The summed E-state index contributed by atoms with van der Waals surface area (Å²) < 4.78 is 0. The zero-order chi connectivity index (χ0) is 15.1. The van der Waals surface area contributed by atoms with Crippen LogP contribution in [0.3, 0.4) is 0 Å². The monoisotopic (exact) mass is 312 g/mol. The van der Waals surface area contributed by atoms with Crippen molar-refractivity contribution >= 4 is 29.0 Å². The van der Waals surface area contributed by atoms with Crippen molar-refractivity contribution in [1.82, 2.24) is 4.90 Å². The first-order valence-electron chi connectivity index (χ1n) is 6.76. The van der Waals surface area contributed by atoms with Crippen molar-refractivity contribution in [3.8, 4) is 0 Å². The number of thioether (sulfide) groups is 1. The van der Waals surface area contributed by atoms with Crippen LogP contribution in [0.5, 0.6) is 0 Å².